The minimum absolute atomic E-state index is 0.124. The SMILES string of the molecule is CC(C)C1CCC(O)C(CN(C)Cc2cnn(C)c2)C1. The second kappa shape index (κ2) is 6.72. The van der Waals surface area contributed by atoms with Crippen LogP contribution in [0.2, 0.25) is 0 Å². The summed E-state index contributed by atoms with van der Waals surface area (Å²) in [5, 5.41) is 14.5. The maximum absolute atomic E-state index is 10.2. The van der Waals surface area contributed by atoms with Crippen LogP contribution in [0.3, 0.4) is 0 Å². The highest BCUT2D eigenvalue weighted by Crippen LogP contribution is 2.34. The van der Waals surface area contributed by atoms with Crippen LogP contribution in [0, 0.1) is 17.8 Å². The summed E-state index contributed by atoms with van der Waals surface area (Å²) in [5.74, 6) is 1.92. The summed E-state index contributed by atoms with van der Waals surface area (Å²) in [7, 11) is 4.08. The molecule has 0 spiro atoms. The van der Waals surface area contributed by atoms with Crippen molar-refractivity contribution in [1.82, 2.24) is 14.7 Å². The molecule has 4 nitrogen and oxygen atoms in total. The number of hydrogen-bond donors (Lipinski definition) is 1. The average molecular weight is 279 g/mol. The highest BCUT2D eigenvalue weighted by molar-refractivity contribution is 5.03. The van der Waals surface area contributed by atoms with E-state index in [4.69, 9.17) is 0 Å². The van der Waals surface area contributed by atoms with E-state index in [-0.39, 0.29) is 6.10 Å². The number of aliphatic hydroxyl groups excluding tert-OH is 1. The second-order valence-electron chi connectivity index (χ2n) is 6.86. The van der Waals surface area contributed by atoms with E-state index < -0.39 is 0 Å². The van der Waals surface area contributed by atoms with Gasteiger partial charge in [-0.2, -0.15) is 5.10 Å². The smallest absolute Gasteiger partial charge is 0.0580 e. The van der Waals surface area contributed by atoms with Gasteiger partial charge in [0.1, 0.15) is 0 Å². The fraction of sp³-hybridized carbons (Fsp3) is 0.812. The predicted octanol–water partition coefficient (Wildman–Crippen LogP) is 2.29. The van der Waals surface area contributed by atoms with Crippen LogP contribution in [0.4, 0.5) is 0 Å². The number of nitrogens with zero attached hydrogens (tertiary/aromatic N) is 3. The number of aryl methyl sites for hydroxylation is 1. The Morgan fingerprint density at radius 1 is 1.45 bits per heavy atom. The fourth-order valence-electron chi connectivity index (χ4n) is 3.42. The molecule has 0 radical (unpaired) electrons. The van der Waals surface area contributed by atoms with Crippen molar-refractivity contribution in [3.8, 4) is 0 Å². The molecule has 0 saturated heterocycles. The molecule has 1 N–H and O–H groups in total. The van der Waals surface area contributed by atoms with Crippen molar-refractivity contribution >= 4 is 0 Å². The van der Waals surface area contributed by atoms with Gasteiger partial charge >= 0.3 is 0 Å². The van der Waals surface area contributed by atoms with Crippen molar-refractivity contribution in [2.24, 2.45) is 24.8 Å². The largest absolute Gasteiger partial charge is 0.393 e. The topological polar surface area (TPSA) is 41.3 Å². The van der Waals surface area contributed by atoms with Gasteiger partial charge in [-0.05, 0) is 44.1 Å². The fourth-order valence-corrected chi connectivity index (χ4v) is 3.42. The molecule has 0 aromatic carbocycles. The summed E-state index contributed by atoms with van der Waals surface area (Å²) in [6.45, 7) is 6.49. The van der Waals surface area contributed by atoms with E-state index >= 15 is 0 Å². The lowest BCUT2D eigenvalue weighted by Crippen LogP contribution is -2.38. The van der Waals surface area contributed by atoms with E-state index in [9.17, 15) is 5.11 Å². The van der Waals surface area contributed by atoms with Gasteiger partial charge in [0.15, 0.2) is 0 Å². The Morgan fingerprint density at radius 2 is 2.20 bits per heavy atom. The molecule has 0 aliphatic heterocycles. The molecule has 1 heterocycles. The van der Waals surface area contributed by atoms with Gasteiger partial charge in [0.25, 0.3) is 0 Å². The molecule has 1 aromatic heterocycles. The molecule has 1 aromatic rings. The van der Waals surface area contributed by atoms with Gasteiger partial charge in [-0.1, -0.05) is 13.8 Å². The Bertz CT molecular complexity index is 416. The molecular formula is C16H29N3O. The summed E-state index contributed by atoms with van der Waals surface area (Å²) in [5.41, 5.74) is 1.24. The van der Waals surface area contributed by atoms with Crippen molar-refractivity contribution in [2.75, 3.05) is 13.6 Å². The summed E-state index contributed by atoms with van der Waals surface area (Å²) in [6, 6.07) is 0. The van der Waals surface area contributed by atoms with Crippen molar-refractivity contribution in [2.45, 2.75) is 45.8 Å². The van der Waals surface area contributed by atoms with Crippen LogP contribution >= 0.6 is 0 Å². The highest BCUT2D eigenvalue weighted by atomic mass is 16.3. The lowest BCUT2D eigenvalue weighted by Gasteiger charge is -2.37. The first kappa shape index (κ1) is 15.5. The molecule has 2 rings (SSSR count). The third kappa shape index (κ3) is 4.06. The highest BCUT2D eigenvalue weighted by Gasteiger charge is 2.31. The predicted molar refractivity (Wildman–Crippen MR) is 81.2 cm³/mol. The monoisotopic (exact) mass is 279 g/mol. The van der Waals surface area contributed by atoms with Gasteiger partial charge in [0.2, 0.25) is 0 Å². The molecule has 1 fully saturated rings. The molecule has 0 bridgehead atoms. The van der Waals surface area contributed by atoms with Crippen molar-refractivity contribution in [1.29, 1.82) is 0 Å². The van der Waals surface area contributed by atoms with Gasteiger partial charge in [-0.25, -0.2) is 0 Å². The Labute approximate surface area is 122 Å². The maximum atomic E-state index is 10.2. The minimum atomic E-state index is -0.124. The zero-order chi connectivity index (χ0) is 14.7. The zero-order valence-electron chi connectivity index (χ0n) is 13.3. The van der Waals surface area contributed by atoms with Crippen molar-refractivity contribution < 1.29 is 5.11 Å². The first-order valence-electron chi connectivity index (χ1n) is 7.79. The summed E-state index contributed by atoms with van der Waals surface area (Å²) in [4.78, 5) is 2.31. The number of aliphatic hydroxyl groups is 1. The number of aromatic nitrogens is 2. The summed E-state index contributed by atoms with van der Waals surface area (Å²) >= 11 is 0. The van der Waals surface area contributed by atoms with Crippen molar-refractivity contribution in [3.63, 3.8) is 0 Å². The number of rotatable bonds is 5. The van der Waals surface area contributed by atoms with Gasteiger partial charge in [-0.3, -0.25) is 4.68 Å². The Kier molecular flexibility index (Phi) is 5.22. The van der Waals surface area contributed by atoms with Crippen molar-refractivity contribution in [3.05, 3.63) is 18.0 Å². The Morgan fingerprint density at radius 3 is 2.80 bits per heavy atom. The van der Waals surface area contributed by atoms with E-state index in [2.05, 4.69) is 37.1 Å². The number of hydrogen-bond acceptors (Lipinski definition) is 3. The third-order valence-electron chi connectivity index (χ3n) is 4.68. The molecule has 0 amide bonds. The zero-order valence-corrected chi connectivity index (χ0v) is 13.3. The molecule has 3 atom stereocenters. The van der Waals surface area contributed by atoms with Crippen LogP contribution in [0.25, 0.3) is 0 Å². The molecule has 4 heteroatoms. The van der Waals surface area contributed by atoms with E-state index in [1.165, 1.54) is 12.0 Å². The second-order valence-corrected chi connectivity index (χ2v) is 6.86. The average Bonchev–Trinajstić information content (AvgIpc) is 2.77. The van der Waals surface area contributed by atoms with Gasteiger partial charge in [0.05, 0.1) is 12.3 Å². The van der Waals surface area contributed by atoms with Crippen LogP contribution in [-0.4, -0.2) is 39.5 Å². The van der Waals surface area contributed by atoms with Crippen LogP contribution in [0.5, 0.6) is 0 Å². The van der Waals surface area contributed by atoms with Gasteiger partial charge in [-0.15, -0.1) is 0 Å². The quantitative estimate of drug-likeness (QED) is 0.899. The lowest BCUT2D eigenvalue weighted by molar-refractivity contribution is 0.0214. The summed E-state index contributed by atoms with van der Waals surface area (Å²) < 4.78 is 1.84. The first-order valence-corrected chi connectivity index (χ1v) is 7.79. The Hall–Kier alpha value is -0.870. The normalized spacial score (nSPS) is 27.4. The van der Waals surface area contributed by atoms with E-state index in [0.717, 1.165) is 37.8 Å². The maximum Gasteiger partial charge on any atom is 0.0580 e. The van der Waals surface area contributed by atoms with E-state index in [0.29, 0.717) is 5.92 Å². The van der Waals surface area contributed by atoms with E-state index in [1.807, 2.05) is 17.9 Å². The van der Waals surface area contributed by atoms with Crippen LogP contribution in [0.15, 0.2) is 12.4 Å². The molecule has 20 heavy (non-hydrogen) atoms. The molecule has 3 unspecified atom stereocenters. The van der Waals surface area contributed by atoms with E-state index in [1.54, 1.807) is 0 Å². The molecule has 1 aliphatic carbocycles. The Balaban J connectivity index is 1.87. The standard InChI is InChI=1S/C16H29N3O/c1-12(2)14-5-6-16(20)15(7-14)11-18(3)9-13-8-17-19(4)10-13/h8,10,12,14-16,20H,5-7,9,11H2,1-4H3. The first-order chi connectivity index (χ1) is 9.45. The van der Waals surface area contributed by atoms with Crippen LogP contribution in [0.1, 0.15) is 38.7 Å². The molecule has 114 valence electrons. The minimum Gasteiger partial charge on any atom is -0.393 e. The lowest BCUT2D eigenvalue weighted by atomic mass is 9.74. The van der Waals surface area contributed by atoms with Gasteiger partial charge < -0.3 is 10.0 Å². The third-order valence-corrected chi connectivity index (χ3v) is 4.68. The molecule has 1 aliphatic rings. The van der Waals surface area contributed by atoms with Crippen LogP contribution in [-0.2, 0) is 13.6 Å². The van der Waals surface area contributed by atoms with Gasteiger partial charge in [0, 0.05) is 31.9 Å². The molecule has 1 saturated carbocycles. The van der Waals surface area contributed by atoms with Crippen LogP contribution < -0.4 is 0 Å². The summed E-state index contributed by atoms with van der Waals surface area (Å²) in [6.07, 6.45) is 7.17. The molecular weight excluding hydrogens is 250 g/mol.